The molecule has 3 heteroatoms. The first-order chi connectivity index (χ1) is 4.22. The van der Waals surface area contributed by atoms with Crippen LogP contribution in [0.25, 0.3) is 0 Å². The van der Waals surface area contributed by atoms with Crippen LogP contribution in [0.3, 0.4) is 0 Å². The maximum atomic E-state index is 8.82. The number of aliphatic hydroxyl groups is 3. The Morgan fingerprint density at radius 3 is 1.78 bits per heavy atom. The highest BCUT2D eigenvalue weighted by Crippen LogP contribution is 2.39. The smallest absolute Gasteiger partial charge is 0.0554 e. The first-order valence-corrected chi connectivity index (χ1v) is 3.12. The summed E-state index contributed by atoms with van der Waals surface area (Å²) in [5, 5.41) is 26.2. The van der Waals surface area contributed by atoms with Gasteiger partial charge in [-0.3, -0.25) is 0 Å². The molecular formula is C6H12O3. The lowest BCUT2D eigenvalue weighted by atomic mass is 9.68. The Morgan fingerprint density at radius 1 is 1.22 bits per heavy atom. The van der Waals surface area contributed by atoms with Crippen molar-refractivity contribution in [2.45, 2.75) is 18.9 Å². The SMILES string of the molecule is OCC1(CO)CC(O)C1. The van der Waals surface area contributed by atoms with Crippen LogP contribution in [0, 0.1) is 5.41 Å². The molecular weight excluding hydrogens is 120 g/mol. The van der Waals surface area contributed by atoms with Crippen LogP contribution in [-0.4, -0.2) is 34.6 Å². The minimum absolute atomic E-state index is 0.0133. The van der Waals surface area contributed by atoms with Crippen LogP contribution in [0.5, 0.6) is 0 Å². The van der Waals surface area contributed by atoms with Crippen LogP contribution in [-0.2, 0) is 0 Å². The van der Waals surface area contributed by atoms with Gasteiger partial charge in [-0.2, -0.15) is 0 Å². The van der Waals surface area contributed by atoms with E-state index in [1.54, 1.807) is 0 Å². The van der Waals surface area contributed by atoms with Gasteiger partial charge in [-0.1, -0.05) is 0 Å². The summed E-state index contributed by atoms with van der Waals surface area (Å²) in [5.74, 6) is 0. The maximum absolute atomic E-state index is 8.82. The summed E-state index contributed by atoms with van der Waals surface area (Å²) >= 11 is 0. The average Bonchev–Trinajstić information content (AvgIpc) is 1.81. The first kappa shape index (κ1) is 6.99. The Labute approximate surface area is 53.9 Å². The maximum Gasteiger partial charge on any atom is 0.0554 e. The van der Waals surface area contributed by atoms with E-state index >= 15 is 0 Å². The Balaban J connectivity index is 2.36. The second-order valence-corrected chi connectivity index (χ2v) is 2.88. The summed E-state index contributed by atoms with van der Waals surface area (Å²) in [6, 6.07) is 0. The normalized spacial score (nSPS) is 25.7. The zero-order valence-electron chi connectivity index (χ0n) is 5.25. The highest BCUT2D eigenvalue weighted by atomic mass is 16.3. The van der Waals surface area contributed by atoms with Crippen molar-refractivity contribution in [3.8, 4) is 0 Å². The first-order valence-electron chi connectivity index (χ1n) is 3.12. The van der Waals surface area contributed by atoms with Gasteiger partial charge in [-0.05, 0) is 12.8 Å². The highest BCUT2D eigenvalue weighted by Gasteiger charge is 2.42. The fraction of sp³-hybridized carbons (Fsp3) is 1.00. The minimum atomic E-state index is -0.362. The third kappa shape index (κ3) is 1.08. The Kier molecular flexibility index (Phi) is 1.75. The molecule has 3 N–H and O–H groups in total. The number of hydrogen-bond acceptors (Lipinski definition) is 3. The predicted molar refractivity (Wildman–Crippen MR) is 31.8 cm³/mol. The molecule has 0 amide bonds. The van der Waals surface area contributed by atoms with Gasteiger partial charge in [-0.15, -0.1) is 0 Å². The van der Waals surface area contributed by atoms with E-state index in [0.717, 1.165) is 0 Å². The third-order valence-corrected chi connectivity index (χ3v) is 2.01. The van der Waals surface area contributed by atoms with Crippen LogP contribution in [0.4, 0.5) is 0 Å². The van der Waals surface area contributed by atoms with E-state index in [1.165, 1.54) is 0 Å². The molecule has 9 heavy (non-hydrogen) atoms. The average molecular weight is 132 g/mol. The van der Waals surface area contributed by atoms with E-state index in [1.807, 2.05) is 0 Å². The molecule has 0 bridgehead atoms. The molecule has 0 aromatic rings. The summed E-state index contributed by atoms with van der Waals surface area (Å²) in [7, 11) is 0. The Morgan fingerprint density at radius 2 is 1.67 bits per heavy atom. The number of rotatable bonds is 2. The van der Waals surface area contributed by atoms with Crippen molar-refractivity contribution in [3.63, 3.8) is 0 Å². The lowest BCUT2D eigenvalue weighted by molar-refractivity contribution is -0.0919. The molecule has 54 valence electrons. The fourth-order valence-electron chi connectivity index (χ4n) is 1.25. The van der Waals surface area contributed by atoms with E-state index in [4.69, 9.17) is 15.3 Å². The molecule has 0 radical (unpaired) electrons. The molecule has 1 aliphatic carbocycles. The van der Waals surface area contributed by atoms with Crippen molar-refractivity contribution < 1.29 is 15.3 Å². The van der Waals surface area contributed by atoms with Crippen molar-refractivity contribution in [1.82, 2.24) is 0 Å². The second-order valence-electron chi connectivity index (χ2n) is 2.88. The summed E-state index contributed by atoms with van der Waals surface area (Å²) in [6.07, 6.45) is 0.782. The zero-order chi connectivity index (χ0) is 6.91. The van der Waals surface area contributed by atoms with Gasteiger partial charge >= 0.3 is 0 Å². The van der Waals surface area contributed by atoms with Gasteiger partial charge in [0.2, 0.25) is 0 Å². The van der Waals surface area contributed by atoms with Crippen LogP contribution in [0.15, 0.2) is 0 Å². The fourth-order valence-corrected chi connectivity index (χ4v) is 1.25. The monoisotopic (exact) mass is 132 g/mol. The molecule has 0 saturated heterocycles. The zero-order valence-corrected chi connectivity index (χ0v) is 5.25. The van der Waals surface area contributed by atoms with Crippen molar-refractivity contribution in [1.29, 1.82) is 0 Å². The summed E-state index contributed by atoms with van der Waals surface area (Å²) in [5.41, 5.74) is -0.362. The van der Waals surface area contributed by atoms with Crippen molar-refractivity contribution in [3.05, 3.63) is 0 Å². The molecule has 0 spiro atoms. The van der Waals surface area contributed by atoms with Crippen molar-refractivity contribution in [2.24, 2.45) is 5.41 Å². The molecule has 1 aliphatic rings. The molecule has 1 saturated carbocycles. The van der Waals surface area contributed by atoms with Crippen LogP contribution in [0.1, 0.15) is 12.8 Å². The van der Waals surface area contributed by atoms with E-state index in [2.05, 4.69) is 0 Å². The minimum Gasteiger partial charge on any atom is -0.396 e. The topological polar surface area (TPSA) is 60.7 Å². The highest BCUT2D eigenvalue weighted by molar-refractivity contribution is 4.92. The predicted octanol–water partition coefficient (Wildman–Crippen LogP) is -0.888. The van der Waals surface area contributed by atoms with E-state index in [-0.39, 0.29) is 24.7 Å². The second kappa shape index (κ2) is 2.25. The number of hydrogen-bond donors (Lipinski definition) is 3. The molecule has 0 aromatic heterocycles. The summed E-state index contributed by atoms with van der Waals surface area (Å²) in [6.45, 7) is -0.0267. The molecule has 0 atom stereocenters. The van der Waals surface area contributed by atoms with E-state index in [0.29, 0.717) is 12.8 Å². The molecule has 0 aromatic carbocycles. The molecule has 0 aliphatic heterocycles. The van der Waals surface area contributed by atoms with Crippen LogP contribution in [0.2, 0.25) is 0 Å². The van der Waals surface area contributed by atoms with Gasteiger partial charge in [0.05, 0.1) is 19.3 Å². The van der Waals surface area contributed by atoms with Crippen molar-refractivity contribution >= 4 is 0 Å². The van der Waals surface area contributed by atoms with Gasteiger partial charge in [0, 0.05) is 5.41 Å². The molecule has 3 nitrogen and oxygen atoms in total. The summed E-state index contributed by atoms with van der Waals surface area (Å²) < 4.78 is 0. The van der Waals surface area contributed by atoms with Gasteiger partial charge in [0.1, 0.15) is 0 Å². The Bertz CT molecular complexity index is 90.5. The van der Waals surface area contributed by atoms with Crippen molar-refractivity contribution in [2.75, 3.05) is 13.2 Å². The molecule has 1 rings (SSSR count). The van der Waals surface area contributed by atoms with Gasteiger partial charge in [0.15, 0.2) is 0 Å². The largest absolute Gasteiger partial charge is 0.396 e. The lowest BCUT2D eigenvalue weighted by Gasteiger charge is -2.42. The summed E-state index contributed by atoms with van der Waals surface area (Å²) in [4.78, 5) is 0. The van der Waals surface area contributed by atoms with Gasteiger partial charge in [-0.25, -0.2) is 0 Å². The van der Waals surface area contributed by atoms with Gasteiger partial charge < -0.3 is 15.3 Å². The third-order valence-electron chi connectivity index (χ3n) is 2.01. The quantitative estimate of drug-likeness (QED) is 0.457. The van der Waals surface area contributed by atoms with Gasteiger partial charge in [0.25, 0.3) is 0 Å². The standard InChI is InChI=1S/C6H12O3/c7-3-6(4-8)1-5(9)2-6/h5,7-9H,1-4H2. The van der Waals surface area contributed by atoms with E-state index < -0.39 is 0 Å². The molecule has 0 unspecified atom stereocenters. The molecule has 0 heterocycles. The number of aliphatic hydroxyl groups excluding tert-OH is 3. The van der Waals surface area contributed by atoms with E-state index in [9.17, 15) is 0 Å². The van der Waals surface area contributed by atoms with Crippen LogP contribution < -0.4 is 0 Å². The Hall–Kier alpha value is -0.120. The molecule has 1 fully saturated rings. The lowest BCUT2D eigenvalue weighted by Crippen LogP contribution is -2.46. The van der Waals surface area contributed by atoms with Crippen LogP contribution >= 0.6 is 0 Å².